The van der Waals surface area contributed by atoms with E-state index in [2.05, 4.69) is 501 Å². The Morgan fingerprint density at radius 2 is 0.439 bits per heavy atom. The number of benzene rings is 21. The first-order valence-electron chi connectivity index (χ1n) is 47.4. The van der Waals surface area contributed by atoms with Crippen LogP contribution in [-0.2, 0) is 0 Å². The summed E-state index contributed by atoms with van der Waals surface area (Å²) in [5.41, 5.74) is 28.3. The first-order valence-corrected chi connectivity index (χ1v) is 49.8. The van der Waals surface area contributed by atoms with Gasteiger partial charge in [-0.1, -0.05) is 309 Å². The molecule has 139 heavy (non-hydrogen) atoms. The third-order valence-corrected chi connectivity index (χ3v) is 32.3. The van der Waals surface area contributed by atoms with Gasteiger partial charge in [-0.05, 0) is 192 Å². The molecule has 0 N–H and O–H groups in total. The molecular formula is C129H79N7S3. The predicted octanol–water partition coefficient (Wildman–Crippen LogP) is 36.3. The highest BCUT2D eigenvalue weighted by Crippen LogP contribution is 2.52. The third-order valence-electron chi connectivity index (χ3n) is 28.7. The zero-order chi connectivity index (χ0) is 91.0. The summed E-state index contributed by atoms with van der Waals surface area (Å²) in [4.78, 5) is 5.13. The van der Waals surface area contributed by atoms with Crippen molar-refractivity contribution < 1.29 is 0 Å². The van der Waals surface area contributed by atoms with Crippen LogP contribution in [0.5, 0.6) is 0 Å². The van der Waals surface area contributed by atoms with Gasteiger partial charge in [0.25, 0.3) is 0 Å². The van der Waals surface area contributed by atoms with Crippen molar-refractivity contribution in [1.29, 1.82) is 0 Å². The maximum absolute atomic E-state index is 5.13. The van der Waals surface area contributed by atoms with E-state index >= 15 is 0 Å². The van der Waals surface area contributed by atoms with Gasteiger partial charge in [0.15, 0.2) is 0 Å². The molecule has 0 aliphatic rings. The van der Waals surface area contributed by atoms with E-state index in [0.29, 0.717) is 0 Å². The molecule has 648 valence electrons. The molecule has 0 unspecified atom stereocenters. The van der Waals surface area contributed by atoms with Crippen LogP contribution < -0.4 is 0 Å². The average Bonchev–Trinajstić information content (AvgIpc) is 1.53. The fourth-order valence-electron chi connectivity index (χ4n) is 22.6. The lowest BCUT2D eigenvalue weighted by atomic mass is 10.0. The average molecular weight is 1820 g/mol. The molecule has 7 nitrogen and oxygen atoms in total. The van der Waals surface area contributed by atoms with Crippen molar-refractivity contribution in [3.63, 3.8) is 0 Å². The number of para-hydroxylation sites is 6. The number of aromatic nitrogens is 7. The third kappa shape index (κ3) is 12.3. The summed E-state index contributed by atoms with van der Waals surface area (Å²) in [5.74, 6) is 0. The largest absolute Gasteiger partial charge is 0.309 e. The lowest BCUT2D eigenvalue weighted by molar-refractivity contribution is 1.17. The van der Waals surface area contributed by atoms with Gasteiger partial charge in [0.1, 0.15) is 0 Å². The number of hydrogen-bond acceptors (Lipinski definition) is 4. The SMILES string of the molecule is c1ccc(-c2ccc3c(c2)c2cc4c5ccc6c7ccccc7sc6c5n(-c5ccccc5)c4cc2n3-c2ccccc2)cc1.c1ccc(-c2cccc(-c3ccc4c(c3)c3cc5c6ccc7c8ccccc8sc7c6n(-c6ccccc6)c5cc3n4-c3ccccc3)n2)cc1.c1ccc(-n2c3cc4c(cc3c3c5ccccc5ccc32)c2ccc3c5ccccc5sc3c2n4-c2ccccc2)cc1. The molecule has 0 amide bonds. The zero-order valence-corrected chi connectivity index (χ0v) is 77.4. The normalized spacial score (nSPS) is 12.0. The summed E-state index contributed by atoms with van der Waals surface area (Å²) < 4.78 is 22.7. The monoisotopic (exact) mass is 1820 g/mol. The number of rotatable bonds is 9. The van der Waals surface area contributed by atoms with E-state index in [9.17, 15) is 0 Å². The molecule has 0 aliphatic carbocycles. The molecule has 31 rings (SSSR count). The molecular weight excluding hydrogens is 1740 g/mol. The van der Waals surface area contributed by atoms with Crippen LogP contribution in [-0.4, -0.2) is 32.4 Å². The molecule has 0 atom stereocenters. The maximum Gasteiger partial charge on any atom is 0.0719 e. The Bertz CT molecular complexity index is 10400. The molecule has 0 fully saturated rings. The van der Waals surface area contributed by atoms with Gasteiger partial charge in [0.05, 0.1) is 91.7 Å². The zero-order valence-electron chi connectivity index (χ0n) is 75.0. The first kappa shape index (κ1) is 78.9. The molecule has 10 aromatic heterocycles. The predicted molar refractivity (Wildman–Crippen MR) is 596 cm³/mol. The van der Waals surface area contributed by atoms with E-state index in [1.807, 2.05) is 40.1 Å². The van der Waals surface area contributed by atoms with E-state index in [1.165, 1.54) is 236 Å². The summed E-state index contributed by atoms with van der Waals surface area (Å²) in [6.45, 7) is 0. The second-order valence-corrected chi connectivity index (χ2v) is 39.4. The maximum atomic E-state index is 5.13. The quantitative estimate of drug-likeness (QED) is 0.142. The van der Waals surface area contributed by atoms with Gasteiger partial charge in [0, 0.05) is 156 Å². The fourth-order valence-corrected chi connectivity index (χ4v) is 26.3. The van der Waals surface area contributed by atoms with Crippen LogP contribution >= 0.6 is 34.0 Å². The lowest BCUT2D eigenvalue weighted by Gasteiger charge is -2.10. The van der Waals surface area contributed by atoms with Crippen molar-refractivity contribution in [2.24, 2.45) is 0 Å². The van der Waals surface area contributed by atoms with E-state index in [0.717, 1.165) is 33.9 Å². The van der Waals surface area contributed by atoms with Gasteiger partial charge in [-0.2, -0.15) is 0 Å². The van der Waals surface area contributed by atoms with Gasteiger partial charge >= 0.3 is 0 Å². The molecule has 10 heteroatoms. The van der Waals surface area contributed by atoms with Crippen LogP contribution in [0.3, 0.4) is 0 Å². The minimum Gasteiger partial charge on any atom is -0.309 e. The Labute approximate surface area is 809 Å². The van der Waals surface area contributed by atoms with Crippen molar-refractivity contribution in [3.05, 3.63) is 479 Å². The van der Waals surface area contributed by atoms with Crippen molar-refractivity contribution in [3.8, 4) is 67.8 Å². The van der Waals surface area contributed by atoms with Crippen molar-refractivity contribution >= 4 is 236 Å². The van der Waals surface area contributed by atoms with Crippen molar-refractivity contribution in [2.75, 3.05) is 0 Å². The van der Waals surface area contributed by atoms with Gasteiger partial charge in [0.2, 0.25) is 0 Å². The van der Waals surface area contributed by atoms with Gasteiger partial charge in [-0.25, -0.2) is 4.98 Å². The number of pyridine rings is 1. The van der Waals surface area contributed by atoms with Crippen LogP contribution in [0.4, 0.5) is 0 Å². The molecule has 0 aliphatic heterocycles. The van der Waals surface area contributed by atoms with Crippen LogP contribution in [0.1, 0.15) is 0 Å². The van der Waals surface area contributed by atoms with Gasteiger partial charge < -0.3 is 27.4 Å². The standard InChI is InChI=1S/C47H29N3S.C42H26N2S.C40H24N2S/c1-4-13-30(14-5-1)40-20-12-21-41(48-40)31-23-26-42-37(27-31)39-28-38-35-24-25-36-34-19-10-11-22-45(34)51-47(36)46(35)50(33-17-8-3-9-18-33)44(38)29-43(39)49(42)32-15-6-2-7-16-32;1-4-12-27(13-5-1)28-20-23-37-34(24-28)36-25-35-32-21-22-33-31-18-10-11-19-40(31)45-42(33)41(32)44(30-16-8-3-9-17-30)39(35)26-38(36)43(37)29-14-6-2-7-15-29;1-3-12-26(13-4-1)41-34-22-19-25-11-7-8-16-28(25)38(34)33-23-32-30-20-21-31-29-17-9-10-18-37(29)43-40(31)39(30)42(35(32)24-36(33)41)27-14-5-2-6-15-27/h1-29H;1-26H;1-24H. The molecule has 0 spiro atoms. The second-order valence-electron chi connectivity index (χ2n) is 36.3. The summed E-state index contributed by atoms with van der Waals surface area (Å²) in [7, 11) is 0. The Hall–Kier alpha value is -17.5. The van der Waals surface area contributed by atoms with Crippen LogP contribution in [0.2, 0.25) is 0 Å². The number of nitrogens with zero attached hydrogens (tertiary/aromatic N) is 7. The highest BCUT2D eigenvalue weighted by atomic mass is 32.1. The Morgan fingerprint density at radius 1 is 0.151 bits per heavy atom. The number of thiophene rings is 3. The van der Waals surface area contributed by atoms with Gasteiger partial charge in [-0.3, -0.25) is 0 Å². The molecule has 31 aromatic rings. The van der Waals surface area contributed by atoms with E-state index in [4.69, 9.17) is 4.98 Å². The summed E-state index contributed by atoms with van der Waals surface area (Å²) >= 11 is 5.69. The van der Waals surface area contributed by atoms with Crippen LogP contribution in [0, 0.1) is 0 Å². The van der Waals surface area contributed by atoms with E-state index in [-0.39, 0.29) is 0 Å². The molecule has 0 saturated heterocycles. The molecule has 0 radical (unpaired) electrons. The van der Waals surface area contributed by atoms with Crippen LogP contribution in [0.25, 0.3) is 270 Å². The smallest absolute Gasteiger partial charge is 0.0719 e. The lowest BCUT2D eigenvalue weighted by Crippen LogP contribution is -1.95. The highest BCUT2D eigenvalue weighted by molar-refractivity contribution is 7.27. The summed E-state index contributed by atoms with van der Waals surface area (Å²) in [5, 5.41) is 25.7. The van der Waals surface area contributed by atoms with E-state index < -0.39 is 0 Å². The Balaban J connectivity index is 0.000000101. The Kier molecular flexibility index (Phi) is 17.9. The molecule has 10 heterocycles. The molecule has 0 bridgehead atoms. The minimum atomic E-state index is 0.966. The van der Waals surface area contributed by atoms with E-state index in [1.54, 1.807) is 0 Å². The Morgan fingerprint density at radius 3 is 0.856 bits per heavy atom. The highest BCUT2D eigenvalue weighted by Gasteiger charge is 2.28. The van der Waals surface area contributed by atoms with Crippen LogP contribution in [0.15, 0.2) is 479 Å². The van der Waals surface area contributed by atoms with Crippen molar-refractivity contribution in [2.45, 2.75) is 0 Å². The number of fused-ring (bicyclic) bond motifs is 32. The fraction of sp³-hybridized carbons (Fsp3) is 0. The summed E-state index contributed by atoms with van der Waals surface area (Å²) in [6, 6.07) is 174. The summed E-state index contributed by atoms with van der Waals surface area (Å²) in [6.07, 6.45) is 0. The first-order chi connectivity index (χ1) is 69.0. The molecule has 21 aromatic carbocycles. The number of hydrogen-bond donors (Lipinski definition) is 0. The topological polar surface area (TPSA) is 42.5 Å². The van der Waals surface area contributed by atoms with Crippen molar-refractivity contribution in [1.82, 2.24) is 32.4 Å². The second kappa shape index (κ2) is 31.6. The van der Waals surface area contributed by atoms with Gasteiger partial charge in [-0.15, -0.1) is 34.0 Å². The molecule has 0 saturated carbocycles. The minimum absolute atomic E-state index is 0.966.